The first-order chi connectivity index (χ1) is 13.4. The van der Waals surface area contributed by atoms with Gasteiger partial charge in [0.1, 0.15) is 18.0 Å². The fraction of sp³-hybridized carbons (Fsp3) is 0.111. The molecule has 2 aromatic carbocycles. The molecule has 3 rings (SSSR count). The number of nitrogens with one attached hydrogen (secondary N) is 2. The Balaban J connectivity index is 1.56. The Morgan fingerprint density at radius 3 is 2.50 bits per heavy atom. The van der Waals surface area contributed by atoms with Crippen molar-refractivity contribution in [1.29, 1.82) is 0 Å². The molecule has 144 valence electrons. The Hall–Kier alpha value is -3.27. The topological polar surface area (TPSA) is 88.9 Å². The average molecular weight is 403 g/mol. The van der Waals surface area contributed by atoms with Crippen LogP contribution >= 0.6 is 11.8 Å². The molecule has 0 saturated heterocycles. The van der Waals surface area contributed by atoms with E-state index in [1.165, 1.54) is 23.9 Å². The molecule has 0 atom stereocenters. The largest absolute Gasteiger partial charge is 0.325 e. The van der Waals surface area contributed by atoms with Crippen molar-refractivity contribution in [1.82, 2.24) is 14.8 Å². The van der Waals surface area contributed by atoms with Crippen LogP contribution in [-0.4, -0.2) is 32.3 Å². The molecule has 0 fully saturated rings. The number of halogens is 2. The van der Waals surface area contributed by atoms with Crippen LogP contribution in [0.5, 0.6) is 0 Å². The zero-order valence-electron chi connectivity index (χ0n) is 14.6. The first-order valence-corrected chi connectivity index (χ1v) is 9.04. The van der Waals surface area contributed by atoms with Crippen LogP contribution in [0.15, 0.2) is 53.9 Å². The van der Waals surface area contributed by atoms with Gasteiger partial charge in [0.2, 0.25) is 5.91 Å². The smallest absolute Gasteiger partial charge is 0.255 e. The molecule has 0 spiro atoms. The number of nitrogens with zero attached hydrogens (tertiary/aromatic N) is 3. The van der Waals surface area contributed by atoms with Crippen molar-refractivity contribution in [2.75, 3.05) is 16.4 Å². The Morgan fingerprint density at radius 1 is 1.11 bits per heavy atom. The van der Waals surface area contributed by atoms with Crippen LogP contribution in [0.4, 0.5) is 20.2 Å². The van der Waals surface area contributed by atoms with E-state index in [1.54, 1.807) is 30.1 Å². The maximum Gasteiger partial charge on any atom is 0.255 e. The Morgan fingerprint density at radius 2 is 1.86 bits per heavy atom. The number of anilines is 2. The van der Waals surface area contributed by atoms with E-state index in [-0.39, 0.29) is 22.9 Å². The normalized spacial score (nSPS) is 10.5. The SMILES string of the molecule is Cn1cnnc1SCC(=O)Nc1ccc(C(=O)Nc2ccc(F)cc2F)cc1. The van der Waals surface area contributed by atoms with Crippen LogP contribution in [0.3, 0.4) is 0 Å². The predicted octanol–water partition coefficient (Wildman–Crippen LogP) is 3.08. The van der Waals surface area contributed by atoms with Gasteiger partial charge >= 0.3 is 0 Å². The molecule has 1 aromatic heterocycles. The molecule has 2 N–H and O–H groups in total. The van der Waals surface area contributed by atoms with Crippen molar-refractivity contribution >= 4 is 35.0 Å². The van der Waals surface area contributed by atoms with E-state index in [0.717, 1.165) is 12.1 Å². The third kappa shape index (κ3) is 4.92. The number of aryl methyl sites for hydroxylation is 1. The average Bonchev–Trinajstić information content (AvgIpc) is 3.08. The zero-order valence-corrected chi connectivity index (χ0v) is 15.5. The molecule has 0 aliphatic heterocycles. The second kappa shape index (κ2) is 8.61. The molecule has 7 nitrogen and oxygen atoms in total. The minimum atomic E-state index is -0.863. The summed E-state index contributed by atoms with van der Waals surface area (Å²) < 4.78 is 28.2. The van der Waals surface area contributed by atoms with Gasteiger partial charge in [0, 0.05) is 24.4 Å². The number of amides is 2. The van der Waals surface area contributed by atoms with E-state index in [0.29, 0.717) is 16.9 Å². The van der Waals surface area contributed by atoms with Gasteiger partial charge in [-0.1, -0.05) is 11.8 Å². The molecule has 0 radical (unpaired) electrons. The monoisotopic (exact) mass is 403 g/mol. The molecule has 0 saturated carbocycles. The second-order valence-corrected chi connectivity index (χ2v) is 6.66. The second-order valence-electron chi connectivity index (χ2n) is 5.72. The van der Waals surface area contributed by atoms with E-state index >= 15 is 0 Å². The summed E-state index contributed by atoms with van der Waals surface area (Å²) in [5.74, 6) is -2.23. The third-order valence-electron chi connectivity index (χ3n) is 3.61. The van der Waals surface area contributed by atoms with Crippen molar-refractivity contribution < 1.29 is 18.4 Å². The van der Waals surface area contributed by atoms with Crippen molar-refractivity contribution in [3.05, 3.63) is 66.0 Å². The van der Waals surface area contributed by atoms with Crippen molar-refractivity contribution in [2.45, 2.75) is 5.16 Å². The summed E-state index contributed by atoms with van der Waals surface area (Å²) >= 11 is 1.24. The Bertz CT molecular complexity index is 1010. The molecule has 1 heterocycles. The van der Waals surface area contributed by atoms with Crippen molar-refractivity contribution in [2.24, 2.45) is 7.05 Å². The van der Waals surface area contributed by atoms with Crippen LogP contribution < -0.4 is 10.6 Å². The number of hydrogen-bond donors (Lipinski definition) is 2. The van der Waals surface area contributed by atoms with Gasteiger partial charge in [-0.05, 0) is 36.4 Å². The molecular formula is C18H15F2N5O2S. The molecule has 28 heavy (non-hydrogen) atoms. The fourth-order valence-electron chi connectivity index (χ4n) is 2.22. The number of carbonyl (C=O) groups excluding carboxylic acids is 2. The van der Waals surface area contributed by atoms with Crippen molar-refractivity contribution in [3.63, 3.8) is 0 Å². The summed E-state index contributed by atoms with van der Waals surface area (Å²) in [6.45, 7) is 0. The summed E-state index contributed by atoms with van der Waals surface area (Å²) in [6, 6.07) is 8.97. The summed E-state index contributed by atoms with van der Waals surface area (Å²) in [6.07, 6.45) is 1.54. The maximum absolute atomic E-state index is 13.6. The van der Waals surface area contributed by atoms with Crippen LogP contribution in [0.25, 0.3) is 0 Å². The number of aromatic nitrogens is 3. The van der Waals surface area contributed by atoms with Gasteiger partial charge in [-0.3, -0.25) is 9.59 Å². The predicted molar refractivity (Wildman–Crippen MR) is 101 cm³/mol. The van der Waals surface area contributed by atoms with E-state index in [9.17, 15) is 18.4 Å². The lowest BCUT2D eigenvalue weighted by molar-refractivity contribution is -0.113. The zero-order chi connectivity index (χ0) is 20.1. The van der Waals surface area contributed by atoms with Crippen molar-refractivity contribution in [3.8, 4) is 0 Å². The van der Waals surface area contributed by atoms with E-state index < -0.39 is 17.5 Å². The number of hydrogen-bond acceptors (Lipinski definition) is 5. The van der Waals surface area contributed by atoms with Gasteiger partial charge in [0.05, 0.1) is 11.4 Å². The standard InChI is InChI=1S/C18H15F2N5O2S/c1-25-10-21-24-18(25)28-9-16(26)22-13-5-2-11(3-6-13)17(27)23-15-7-4-12(19)8-14(15)20/h2-8,10H,9H2,1H3,(H,22,26)(H,23,27). The van der Waals surface area contributed by atoms with Crippen LogP contribution in [0.1, 0.15) is 10.4 Å². The van der Waals surface area contributed by atoms with Gasteiger partial charge in [0.25, 0.3) is 5.91 Å². The first kappa shape index (κ1) is 19.5. The highest BCUT2D eigenvalue weighted by Crippen LogP contribution is 2.18. The van der Waals surface area contributed by atoms with Gasteiger partial charge in [-0.15, -0.1) is 10.2 Å². The molecule has 0 aliphatic carbocycles. The molecule has 2 amide bonds. The van der Waals surface area contributed by atoms with E-state index in [1.807, 2.05) is 0 Å². The minimum absolute atomic E-state index is 0.121. The molecule has 0 unspecified atom stereocenters. The molecule has 0 aliphatic rings. The lowest BCUT2D eigenvalue weighted by atomic mass is 10.2. The molecule has 3 aromatic rings. The number of carbonyl (C=O) groups is 2. The fourth-order valence-corrected chi connectivity index (χ4v) is 2.91. The van der Waals surface area contributed by atoms with Gasteiger partial charge in [-0.2, -0.15) is 0 Å². The van der Waals surface area contributed by atoms with Gasteiger partial charge in [-0.25, -0.2) is 8.78 Å². The quantitative estimate of drug-likeness (QED) is 0.618. The number of thioether (sulfide) groups is 1. The lowest BCUT2D eigenvalue weighted by Gasteiger charge is -2.08. The highest BCUT2D eigenvalue weighted by atomic mass is 32.2. The summed E-state index contributed by atoms with van der Waals surface area (Å²) in [4.78, 5) is 24.2. The van der Waals surface area contributed by atoms with Crippen LogP contribution in [0, 0.1) is 11.6 Å². The summed E-state index contributed by atoms with van der Waals surface area (Å²) in [7, 11) is 1.78. The molecule has 0 bridgehead atoms. The van der Waals surface area contributed by atoms with Crippen LogP contribution in [-0.2, 0) is 11.8 Å². The van der Waals surface area contributed by atoms with Gasteiger partial charge in [0.15, 0.2) is 5.16 Å². The Labute approximate surface area is 163 Å². The summed E-state index contributed by atoms with van der Waals surface area (Å²) in [5, 5.41) is 13.3. The Kier molecular flexibility index (Phi) is 5.99. The highest BCUT2D eigenvalue weighted by Gasteiger charge is 2.11. The third-order valence-corrected chi connectivity index (χ3v) is 4.65. The highest BCUT2D eigenvalue weighted by molar-refractivity contribution is 7.99. The van der Waals surface area contributed by atoms with Gasteiger partial charge < -0.3 is 15.2 Å². The maximum atomic E-state index is 13.6. The lowest BCUT2D eigenvalue weighted by Crippen LogP contribution is -2.15. The number of benzene rings is 2. The van der Waals surface area contributed by atoms with E-state index in [2.05, 4.69) is 20.8 Å². The van der Waals surface area contributed by atoms with E-state index in [4.69, 9.17) is 0 Å². The summed E-state index contributed by atoms with van der Waals surface area (Å²) in [5.41, 5.74) is 0.646. The molecule has 10 heteroatoms. The number of rotatable bonds is 6. The first-order valence-electron chi connectivity index (χ1n) is 8.05. The minimum Gasteiger partial charge on any atom is -0.325 e. The van der Waals surface area contributed by atoms with Crippen LogP contribution in [0.2, 0.25) is 0 Å². The molecular weight excluding hydrogens is 388 g/mol.